The van der Waals surface area contributed by atoms with Crippen LogP contribution in [0, 0.1) is 0 Å². The molecule has 1 aromatic heterocycles. The van der Waals surface area contributed by atoms with Crippen LogP contribution >= 0.6 is 0 Å². The molecule has 2 aromatic rings. The third-order valence-electron chi connectivity index (χ3n) is 3.11. The van der Waals surface area contributed by atoms with E-state index in [4.69, 9.17) is 0 Å². The van der Waals surface area contributed by atoms with Crippen molar-refractivity contribution in [3.8, 4) is 5.75 Å². The van der Waals surface area contributed by atoms with Crippen LogP contribution in [0.3, 0.4) is 0 Å². The summed E-state index contributed by atoms with van der Waals surface area (Å²) in [5.41, 5.74) is -0.340. The van der Waals surface area contributed by atoms with E-state index in [1.54, 1.807) is 29.2 Å². The summed E-state index contributed by atoms with van der Waals surface area (Å²) in [4.78, 5) is 1.78. The van der Waals surface area contributed by atoms with Crippen molar-refractivity contribution in [2.75, 3.05) is 11.4 Å². The Hall–Kier alpha value is -2.31. The van der Waals surface area contributed by atoms with Crippen LogP contribution in [0.2, 0.25) is 0 Å². The number of hydrogen-bond acceptors (Lipinski definition) is 4. The molecule has 4 nitrogen and oxygen atoms in total. The number of hydrogen-bond donors (Lipinski definition) is 1. The number of para-hydroxylation sites is 1. The molecule has 1 heterocycles. The average molecular weight is 311 g/mol. The van der Waals surface area contributed by atoms with E-state index in [9.17, 15) is 18.3 Å². The molecule has 7 heteroatoms. The van der Waals surface area contributed by atoms with Crippen molar-refractivity contribution < 1.29 is 18.3 Å². The molecular weight excluding hydrogens is 295 g/mol. The zero-order valence-electron chi connectivity index (χ0n) is 12.0. The molecule has 0 aliphatic carbocycles. The highest BCUT2D eigenvalue weighted by Crippen LogP contribution is 2.28. The van der Waals surface area contributed by atoms with Crippen molar-refractivity contribution in [2.24, 2.45) is 0 Å². The largest absolute Gasteiger partial charge is 0.508 e. The summed E-state index contributed by atoms with van der Waals surface area (Å²) in [5, 5.41) is 16.7. The van der Waals surface area contributed by atoms with E-state index >= 15 is 0 Å². The second-order valence-corrected chi connectivity index (χ2v) is 4.82. The topological polar surface area (TPSA) is 49.2 Å². The first-order valence-electron chi connectivity index (χ1n) is 6.84. The summed E-state index contributed by atoms with van der Waals surface area (Å²) >= 11 is 0. The standard InChI is InChI=1S/C15H16F3N3O/c1-2-9-21(10-11-5-3-4-6-12(11)22)14-8-7-13(19-20-14)15(16,17)18/h3-8,22H,2,9-10H2,1H3. The zero-order chi connectivity index (χ0) is 16.2. The monoisotopic (exact) mass is 311 g/mol. The minimum absolute atomic E-state index is 0.142. The first-order valence-corrected chi connectivity index (χ1v) is 6.84. The van der Waals surface area contributed by atoms with Gasteiger partial charge in [0, 0.05) is 18.7 Å². The molecule has 0 aliphatic rings. The summed E-state index contributed by atoms with van der Waals surface area (Å²) in [6, 6.07) is 9.03. The van der Waals surface area contributed by atoms with Crippen molar-refractivity contribution in [3.05, 3.63) is 47.7 Å². The Balaban J connectivity index is 2.23. The van der Waals surface area contributed by atoms with Crippen LogP contribution in [0.25, 0.3) is 0 Å². The third-order valence-corrected chi connectivity index (χ3v) is 3.11. The van der Waals surface area contributed by atoms with Crippen LogP contribution < -0.4 is 4.90 Å². The third kappa shape index (κ3) is 3.87. The highest BCUT2D eigenvalue weighted by Gasteiger charge is 2.33. The van der Waals surface area contributed by atoms with Crippen molar-refractivity contribution in [1.82, 2.24) is 10.2 Å². The Kier molecular flexibility index (Phi) is 4.85. The highest BCUT2D eigenvalue weighted by molar-refractivity contribution is 5.41. The predicted molar refractivity (Wildman–Crippen MR) is 76.5 cm³/mol. The highest BCUT2D eigenvalue weighted by atomic mass is 19.4. The molecule has 0 spiro atoms. The molecule has 0 bridgehead atoms. The molecule has 1 aromatic carbocycles. The molecule has 0 saturated heterocycles. The van der Waals surface area contributed by atoms with Gasteiger partial charge in [-0.2, -0.15) is 13.2 Å². The molecule has 2 rings (SSSR count). The maximum atomic E-state index is 12.5. The van der Waals surface area contributed by atoms with Crippen molar-refractivity contribution in [1.29, 1.82) is 0 Å². The van der Waals surface area contributed by atoms with Gasteiger partial charge in [-0.05, 0) is 24.6 Å². The number of rotatable bonds is 5. The molecule has 0 unspecified atom stereocenters. The van der Waals surface area contributed by atoms with Gasteiger partial charge in [-0.15, -0.1) is 10.2 Å². The summed E-state index contributed by atoms with van der Waals surface area (Å²) in [6.45, 7) is 2.89. The van der Waals surface area contributed by atoms with Crippen molar-refractivity contribution in [2.45, 2.75) is 26.1 Å². The fourth-order valence-corrected chi connectivity index (χ4v) is 2.04. The van der Waals surface area contributed by atoms with E-state index < -0.39 is 11.9 Å². The minimum Gasteiger partial charge on any atom is -0.508 e. The van der Waals surface area contributed by atoms with Crippen LogP contribution in [0.15, 0.2) is 36.4 Å². The van der Waals surface area contributed by atoms with Gasteiger partial charge in [-0.3, -0.25) is 0 Å². The van der Waals surface area contributed by atoms with Gasteiger partial charge >= 0.3 is 6.18 Å². The van der Waals surface area contributed by atoms with Crippen LogP contribution in [-0.4, -0.2) is 21.8 Å². The van der Waals surface area contributed by atoms with Gasteiger partial charge in [0.25, 0.3) is 0 Å². The maximum absolute atomic E-state index is 12.5. The molecular formula is C15H16F3N3O. The van der Waals surface area contributed by atoms with E-state index in [2.05, 4.69) is 10.2 Å². The summed E-state index contributed by atoms with van der Waals surface area (Å²) in [6.07, 6.45) is -3.71. The number of halogens is 3. The smallest absolute Gasteiger partial charge is 0.435 e. The number of aromatic hydroxyl groups is 1. The second-order valence-electron chi connectivity index (χ2n) is 4.82. The Labute approximate surface area is 126 Å². The van der Waals surface area contributed by atoms with Crippen molar-refractivity contribution in [3.63, 3.8) is 0 Å². The van der Waals surface area contributed by atoms with Gasteiger partial charge in [0.05, 0.1) is 0 Å². The van der Waals surface area contributed by atoms with E-state index in [0.29, 0.717) is 24.5 Å². The van der Waals surface area contributed by atoms with E-state index in [1.165, 1.54) is 6.07 Å². The fraction of sp³-hybridized carbons (Fsp3) is 0.333. The van der Waals surface area contributed by atoms with Gasteiger partial charge in [-0.25, -0.2) is 0 Å². The molecule has 1 N–H and O–H groups in total. The number of anilines is 1. The van der Waals surface area contributed by atoms with Gasteiger partial charge in [0.15, 0.2) is 11.5 Å². The number of nitrogens with zero attached hydrogens (tertiary/aromatic N) is 3. The fourth-order valence-electron chi connectivity index (χ4n) is 2.04. The maximum Gasteiger partial charge on any atom is 0.435 e. The number of alkyl halides is 3. The first kappa shape index (κ1) is 16.1. The SMILES string of the molecule is CCCN(Cc1ccccc1O)c1ccc(C(F)(F)F)nn1. The van der Waals surface area contributed by atoms with Crippen LogP contribution in [0.5, 0.6) is 5.75 Å². The first-order chi connectivity index (χ1) is 10.4. The van der Waals surface area contributed by atoms with Gasteiger partial charge in [0.2, 0.25) is 0 Å². The van der Waals surface area contributed by atoms with Gasteiger partial charge in [-0.1, -0.05) is 25.1 Å². The van der Waals surface area contributed by atoms with E-state index in [1.807, 2.05) is 6.92 Å². The van der Waals surface area contributed by atoms with Gasteiger partial charge < -0.3 is 10.0 Å². The lowest BCUT2D eigenvalue weighted by atomic mass is 10.2. The zero-order valence-corrected chi connectivity index (χ0v) is 12.0. The number of aromatic nitrogens is 2. The lowest BCUT2D eigenvalue weighted by Gasteiger charge is -2.23. The Morgan fingerprint density at radius 2 is 1.82 bits per heavy atom. The van der Waals surface area contributed by atoms with E-state index in [0.717, 1.165) is 12.5 Å². The Morgan fingerprint density at radius 3 is 2.36 bits per heavy atom. The molecule has 0 amide bonds. The number of benzene rings is 1. The predicted octanol–water partition coefficient (Wildman–Crippen LogP) is 3.62. The van der Waals surface area contributed by atoms with Crippen LogP contribution in [0.4, 0.5) is 19.0 Å². The van der Waals surface area contributed by atoms with Crippen LogP contribution in [0.1, 0.15) is 24.6 Å². The molecule has 22 heavy (non-hydrogen) atoms. The average Bonchev–Trinajstić information content (AvgIpc) is 2.48. The van der Waals surface area contributed by atoms with Gasteiger partial charge in [0.1, 0.15) is 5.75 Å². The van der Waals surface area contributed by atoms with Crippen LogP contribution in [-0.2, 0) is 12.7 Å². The second kappa shape index (κ2) is 6.64. The minimum atomic E-state index is -4.50. The summed E-state index contributed by atoms with van der Waals surface area (Å²) < 4.78 is 37.6. The molecule has 118 valence electrons. The normalized spacial score (nSPS) is 11.5. The van der Waals surface area contributed by atoms with E-state index in [-0.39, 0.29) is 5.75 Å². The molecule has 0 saturated carbocycles. The molecule has 0 atom stereocenters. The molecule has 0 radical (unpaired) electrons. The summed E-state index contributed by atoms with van der Waals surface area (Å²) in [5.74, 6) is 0.488. The Bertz CT molecular complexity index is 614. The Morgan fingerprint density at radius 1 is 1.09 bits per heavy atom. The number of phenolic OH excluding ortho intramolecular Hbond substituents is 1. The lowest BCUT2D eigenvalue weighted by Crippen LogP contribution is -2.25. The number of phenols is 1. The molecule has 0 aliphatic heterocycles. The lowest BCUT2D eigenvalue weighted by molar-refractivity contribution is -0.141. The van der Waals surface area contributed by atoms with Crippen molar-refractivity contribution >= 4 is 5.82 Å². The summed E-state index contributed by atoms with van der Waals surface area (Å²) in [7, 11) is 0. The molecule has 0 fully saturated rings. The quantitative estimate of drug-likeness (QED) is 0.916.